The number of rotatable bonds is 3. The van der Waals surface area contributed by atoms with E-state index in [1.807, 2.05) is 32.9 Å². The molecule has 128 valence electrons. The molecular formula is C17H21N3O4. The second-order valence-corrected chi connectivity index (χ2v) is 6.62. The van der Waals surface area contributed by atoms with E-state index in [1.165, 1.54) is 6.39 Å². The summed E-state index contributed by atoms with van der Waals surface area (Å²) in [7, 11) is 0. The van der Waals surface area contributed by atoms with E-state index in [4.69, 9.17) is 14.0 Å². The molecule has 1 amide bonds. The first kappa shape index (κ1) is 16.4. The van der Waals surface area contributed by atoms with Crippen molar-refractivity contribution in [2.75, 3.05) is 19.8 Å². The number of ether oxygens (including phenoxy) is 2. The average molecular weight is 331 g/mol. The number of amides is 1. The summed E-state index contributed by atoms with van der Waals surface area (Å²) in [6, 6.07) is 6.82. The molecule has 0 aliphatic carbocycles. The molecule has 24 heavy (non-hydrogen) atoms. The third-order valence-corrected chi connectivity index (χ3v) is 3.59. The van der Waals surface area contributed by atoms with Gasteiger partial charge in [-0.1, -0.05) is 5.16 Å². The summed E-state index contributed by atoms with van der Waals surface area (Å²) in [5, 5.41) is 3.84. The van der Waals surface area contributed by atoms with E-state index in [-0.39, 0.29) is 17.6 Å². The highest BCUT2D eigenvalue weighted by Gasteiger charge is 2.32. The molecular weight excluding hydrogens is 310 g/mol. The highest BCUT2D eigenvalue weighted by molar-refractivity contribution is 5.94. The largest absolute Gasteiger partial charge is 0.488 e. The minimum Gasteiger partial charge on any atom is -0.488 e. The summed E-state index contributed by atoms with van der Waals surface area (Å²) >= 11 is 0. The predicted molar refractivity (Wildman–Crippen MR) is 85.7 cm³/mol. The summed E-state index contributed by atoms with van der Waals surface area (Å²) in [6.45, 7) is 7.28. The van der Waals surface area contributed by atoms with E-state index in [9.17, 15) is 4.79 Å². The maximum absolute atomic E-state index is 12.8. The Morgan fingerprint density at radius 2 is 2.04 bits per heavy atom. The van der Waals surface area contributed by atoms with Crippen LogP contribution in [0.25, 0.3) is 0 Å². The molecule has 0 bridgehead atoms. The molecule has 7 nitrogen and oxygen atoms in total. The van der Waals surface area contributed by atoms with Crippen molar-refractivity contribution in [3.8, 4) is 5.75 Å². The van der Waals surface area contributed by atoms with Gasteiger partial charge in [0.25, 0.3) is 5.91 Å². The van der Waals surface area contributed by atoms with Gasteiger partial charge in [0, 0.05) is 12.1 Å². The number of carbonyl (C=O) groups is 1. The first-order valence-electron chi connectivity index (χ1n) is 7.88. The molecule has 0 spiro atoms. The van der Waals surface area contributed by atoms with Gasteiger partial charge in [-0.3, -0.25) is 4.79 Å². The Bertz CT molecular complexity index is 677. The molecule has 3 rings (SSSR count). The van der Waals surface area contributed by atoms with Crippen molar-refractivity contribution >= 4 is 5.91 Å². The predicted octanol–water partition coefficient (Wildman–Crippen LogP) is 2.46. The maximum Gasteiger partial charge on any atom is 0.254 e. The Morgan fingerprint density at radius 3 is 2.67 bits per heavy atom. The number of aromatic nitrogens is 2. The Hall–Kier alpha value is -2.41. The van der Waals surface area contributed by atoms with Gasteiger partial charge >= 0.3 is 0 Å². The molecule has 1 aliphatic heterocycles. The monoisotopic (exact) mass is 331 g/mol. The van der Waals surface area contributed by atoms with E-state index in [0.29, 0.717) is 31.1 Å². The molecule has 1 fully saturated rings. The normalized spacial score (nSPS) is 18.5. The van der Waals surface area contributed by atoms with Crippen molar-refractivity contribution in [1.82, 2.24) is 15.0 Å². The van der Waals surface area contributed by atoms with E-state index >= 15 is 0 Å². The quantitative estimate of drug-likeness (QED) is 0.860. The van der Waals surface area contributed by atoms with Gasteiger partial charge in [0.1, 0.15) is 17.4 Å². The van der Waals surface area contributed by atoms with E-state index in [1.54, 1.807) is 17.0 Å². The van der Waals surface area contributed by atoms with E-state index in [0.717, 1.165) is 5.75 Å². The fourth-order valence-corrected chi connectivity index (χ4v) is 2.57. The third-order valence-electron chi connectivity index (χ3n) is 3.59. The summed E-state index contributed by atoms with van der Waals surface area (Å²) < 4.78 is 16.0. The van der Waals surface area contributed by atoms with Crippen LogP contribution < -0.4 is 4.74 Å². The number of nitrogens with zero attached hydrogens (tertiary/aromatic N) is 3. The van der Waals surface area contributed by atoms with Crippen LogP contribution in [0.3, 0.4) is 0 Å². The lowest BCUT2D eigenvalue weighted by Gasteiger charge is -2.33. The van der Waals surface area contributed by atoms with Crippen LogP contribution in [-0.4, -0.2) is 46.3 Å². The van der Waals surface area contributed by atoms with Gasteiger partial charge in [0.2, 0.25) is 6.39 Å². The lowest BCUT2D eigenvalue weighted by atomic mass is 10.1. The van der Waals surface area contributed by atoms with E-state index in [2.05, 4.69) is 10.1 Å². The smallest absolute Gasteiger partial charge is 0.254 e. The molecule has 0 N–H and O–H groups in total. The van der Waals surface area contributed by atoms with Gasteiger partial charge in [-0.15, -0.1) is 0 Å². The molecule has 2 aromatic rings. The van der Waals surface area contributed by atoms with Gasteiger partial charge in [-0.25, -0.2) is 0 Å². The Labute approximate surface area is 140 Å². The minimum atomic E-state index is -0.337. The molecule has 0 radical (unpaired) electrons. The Kier molecular flexibility index (Phi) is 4.53. The molecule has 2 heterocycles. The van der Waals surface area contributed by atoms with Gasteiger partial charge < -0.3 is 18.9 Å². The Morgan fingerprint density at radius 1 is 1.29 bits per heavy atom. The molecule has 1 atom stereocenters. The number of hydrogen-bond acceptors (Lipinski definition) is 6. The molecule has 1 aliphatic rings. The van der Waals surface area contributed by atoms with Gasteiger partial charge in [0.05, 0.1) is 13.2 Å². The van der Waals surface area contributed by atoms with Crippen molar-refractivity contribution in [2.24, 2.45) is 0 Å². The summed E-state index contributed by atoms with van der Waals surface area (Å²) in [4.78, 5) is 18.6. The van der Waals surface area contributed by atoms with E-state index < -0.39 is 0 Å². The van der Waals surface area contributed by atoms with Crippen LogP contribution in [0.5, 0.6) is 5.75 Å². The zero-order valence-corrected chi connectivity index (χ0v) is 14.1. The first-order chi connectivity index (χ1) is 11.4. The van der Waals surface area contributed by atoms with Gasteiger partial charge in [-0.05, 0) is 45.0 Å². The van der Waals surface area contributed by atoms with Crippen molar-refractivity contribution in [3.63, 3.8) is 0 Å². The van der Waals surface area contributed by atoms with Crippen molar-refractivity contribution < 1.29 is 18.8 Å². The van der Waals surface area contributed by atoms with Crippen molar-refractivity contribution in [2.45, 2.75) is 32.4 Å². The molecule has 7 heteroatoms. The van der Waals surface area contributed by atoms with Crippen LogP contribution in [0.2, 0.25) is 0 Å². The molecule has 1 saturated heterocycles. The summed E-state index contributed by atoms with van der Waals surface area (Å²) in [5.74, 6) is 1.10. The minimum absolute atomic E-state index is 0.0876. The lowest BCUT2D eigenvalue weighted by Crippen LogP contribution is -2.43. The maximum atomic E-state index is 12.8. The summed E-state index contributed by atoms with van der Waals surface area (Å²) in [6.07, 6.45) is 1.26. The lowest BCUT2D eigenvalue weighted by molar-refractivity contribution is -0.00577. The summed E-state index contributed by atoms with van der Waals surface area (Å²) in [5.41, 5.74) is 0.311. The number of morpholine rings is 1. The van der Waals surface area contributed by atoms with Crippen LogP contribution in [0.4, 0.5) is 0 Å². The zero-order valence-electron chi connectivity index (χ0n) is 14.1. The standard InChI is InChI=1S/C17H21N3O4/c1-17(2,3)24-13-6-4-12(5-7-13)16(21)20-8-9-22-10-14(20)15-18-11-23-19-15/h4-7,11,14H,8-10H2,1-3H3/t14-/m1/s1. The molecule has 1 aromatic carbocycles. The topological polar surface area (TPSA) is 77.7 Å². The zero-order chi connectivity index (χ0) is 17.2. The molecule has 1 aromatic heterocycles. The van der Waals surface area contributed by atoms with Gasteiger partial charge in [-0.2, -0.15) is 4.98 Å². The SMILES string of the molecule is CC(C)(C)Oc1ccc(C(=O)N2CCOC[C@@H]2c2ncon2)cc1. The average Bonchev–Trinajstić information content (AvgIpc) is 3.08. The van der Waals surface area contributed by atoms with Crippen LogP contribution in [-0.2, 0) is 4.74 Å². The molecule has 0 unspecified atom stereocenters. The molecule has 0 saturated carbocycles. The highest BCUT2D eigenvalue weighted by Crippen LogP contribution is 2.25. The second-order valence-electron chi connectivity index (χ2n) is 6.62. The van der Waals surface area contributed by atoms with Gasteiger partial charge in [0.15, 0.2) is 5.82 Å². The third kappa shape index (κ3) is 3.73. The number of benzene rings is 1. The first-order valence-corrected chi connectivity index (χ1v) is 7.88. The second kappa shape index (κ2) is 6.60. The fraction of sp³-hybridized carbons (Fsp3) is 0.471. The number of carbonyl (C=O) groups excluding carboxylic acids is 1. The fourth-order valence-electron chi connectivity index (χ4n) is 2.57. The highest BCUT2D eigenvalue weighted by atomic mass is 16.5. The van der Waals surface area contributed by atoms with Crippen LogP contribution in [0.15, 0.2) is 35.2 Å². The Balaban J connectivity index is 1.77. The van der Waals surface area contributed by atoms with Crippen LogP contribution >= 0.6 is 0 Å². The number of hydrogen-bond donors (Lipinski definition) is 0. The van der Waals surface area contributed by atoms with Crippen LogP contribution in [0, 0.1) is 0 Å². The van der Waals surface area contributed by atoms with Crippen molar-refractivity contribution in [1.29, 1.82) is 0 Å². The van der Waals surface area contributed by atoms with Crippen molar-refractivity contribution in [3.05, 3.63) is 42.0 Å². The van der Waals surface area contributed by atoms with Crippen LogP contribution in [0.1, 0.15) is 43.0 Å².